The Balaban J connectivity index is 1.43. The van der Waals surface area contributed by atoms with Crippen molar-refractivity contribution in [3.63, 3.8) is 0 Å². The number of ether oxygens (including phenoxy) is 1. The van der Waals surface area contributed by atoms with Crippen molar-refractivity contribution in [2.24, 2.45) is 0 Å². The first-order valence-corrected chi connectivity index (χ1v) is 10.2. The van der Waals surface area contributed by atoms with Crippen LogP contribution in [0.4, 0.5) is 4.39 Å². The summed E-state index contributed by atoms with van der Waals surface area (Å²) in [5, 5.41) is 15.4. The Labute approximate surface area is 175 Å². The molecule has 0 aliphatic carbocycles. The molecule has 3 N–H and O–H groups in total. The summed E-state index contributed by atoms with van der Waals surface area (Å²) in [6, 6.07) is 14.8. The molecule has 2 aromatic rings. The van der Waals surface area contributed by atoms with Gasteiger partial charge in [-0.3, -0.25) is 9.59 Å². The molecule has 2 aromatic carbocycles. The summed E-state index contributed by atoms with van der Waals surface area (Å²) in [6.07, 6.45) is 1.25. The van der Waals surface area contributed by atoms with E-state index in [0.717, 1.165) is 12.0 Å². The van der Waals surface area contributed by atoms with E-state index in [0.29, 0.717) is 24.9 Å². The van der Waals surface area contributed by atoms with Crippen LogP contribution in [0.25, 0.3) is 0 Å². The number of aliphatic hydroxyl groups is 1. The number of aliphatic hydroxyl groups excluding tert-OH is 1. The van der Waals surface area contributed by atoms with Crippen LogP contribution in [0.15, 0.2) is 54.6 Å². The molecule has 0 spiro atoms. The van der Waals surface area contributed by atoms with Gasteiger partial charge in [0.15, 0.2) is 0 Å². The smallest absolute Gasteiger partial charge is 0.251 e. The average Bonchev–Trinajstić information content (AvgIpc) is 2.76. The molecule has 1 saturated heterocycles. The van der Waals surface area contributed by atoms with Crippen molar-refractivity contribution in [1.29, 1.82) is 0 Å². The van der Waals surface area contributed by atoms with Gasteiger partial charge in [0.2, 0.25) is 5.91 Å². The third kappa shape index (κ3) is 6.37. The molecule has 1 aliphatic rings. The van der Waals surface area contributed by atoms with Gasteiger partial charge in [0, 0.05) is 12.1 Å². The standard InChI is InChI=1S/C23H27FN2O4/c24-18-8-6-17(7-9-18)23(29)26-20-11-10-19(30-21(20)15-27)14-22(28)25-13-12-16-4-2-1-3-5-16/h1-9,19-21,27H,10-15H2,(H,25,28)(H,26,29)/t19-,20+,21-/m1/s1. The Morgan fingerprint density at radius 1 is 1.07 bits per heavy atom. The first kappa shape index (κ1) is 21.9. The second-order valence-electron chi connectivity index (χ2n) is 7.43. The molecule has 0 radical (unpaired) electrons. The predicted molar refractivity (Wildman–Crippen MR) is 110 cm³/mol. The zero-order chi connectivity index (χ0) is 21.3. The fourth-order valence-corrected chi connectivity index (χ4v) is 3.57. The van der Waals surface area contributed by atoms with E-state index in [1.165, 1.54) is 24.3 Å². The van der Waals surface area contributed by atoms with Crippen LogP contribution in [0, 0.1) is 5.82 Å². The van der Waals surface area contributed by atoms with E-state index >= 15 is 0 Å². The number of rotatable bonds is 8. The van der Waals surface area contributed by atoms with Crippen LogP contribution in [0.3, 0.4) is 0 Å². The quantitative estimate of drug-likeness (QED) is 0.618. The maximum atomic E-state index is 13.0. The second-order valence-corrected chi connectivity index (χ2v) is 7.43. The van der Waals surface area contributed by atoms with Crippen LogP contribution in [-0.4, -0.2) is 48.3 Å². The van der Waals surface area contributed by atoms with Gasteiger partial charge in [0.05, 0.1) is 25.2 Å². The van der Waals surface area contributed by atoms with E-state index in [9.17, 15) is 19.1 Å². The maximum Gasteiger partial charge on any atom is 0.251 e. The number of nitrogens with one attached hydrogen (secondary N) is 2. The molecule has 1 aliphatic heterocycles. The van der Waals surface area contributed by atoms with Crippen molar-refractivity contribution < 1.29 is 23.8 Å². The molecular formula is C23H27FN2O4. The van der Waals surface area contributed by atoms with E-state index in [-0.39, 0.29) is 37.0 Å². The molecule has 1 fully saturated rings. The van der Waals surface area contributed by atoms with E-state index in [2.05, 4.69) is 10.6 Å². The highest BCUT2D eigenvalue weighted by Gasteiger charge is 2.33. The number of hydrogen-bond acceptors (Lipinski definition) is 4. The number of amides is 2. The fourth-order valence-electron chi connectivity index (χ4n) is 3.57. The highest BCUT2D eigenvalue weighted by Crippen LogP contribution is 2.22. The lowest BCUT2D eigenvalue weighted by atomic mass is 9.96. The van der Waals surface area contributed by atoms with Crippen molar-refractivity contribution in [2.75, 3.05) is 13.2 Å². The average molecular weight is 414 g/mol. The van der Waals surface area contributed by atoms with E-state index < -0.39 is 11.9 Å². The van der Waals surface area contributed by atoms with Gasteiger partial charge in [-0.25, -0.2) is 4.39 Å². The van der Waals surface area contributed by atoms with Gasteiger partial charge in [0.25, 0.3) is 5.91 Å². The van der Waals surface area contributed by atoms with Crippen molar-refractivity contribution >= 4 is 11.8 Å². The van der Waals surface area contributed by atoms with Gasteiger partial charge in [-0.2, -0.15) is 0 Å². The topological polar surface area (TPSA) is 87.7 Å². The Kier molecular flexibility index (Phi) is 7.93. The molecule has 1 heterocycles. The first-order valence-electron chi connectivity index (χ1n) is 10.2. The van der Waals surface area contributed by atoms with Crippen LogP contribution >= 0.6 is 0 Å². The molecule has 0 bridgehead atoms. The largest absolute Gasteiger partial charge is 0.394 e. The fraction of sp³-hybridized carbons (Fsp3) is 0.391. The Bertz CT molecular complexity index is 829. The van der Waals surface area contributed by atoms with Crippen LogP contribution < -0.4 is 10.6 Å². The summed E-state index contributed by atoms with van der Waals surface area (Å²) in [6.45, 7) is 0.288. The summed E-state index contributed by atoms with van der Waals surface area (Å²) in [5.74, 6) is -0.855. The third-order valence-electron chi connectivity index (χ3n) is 5.21. The van der Waals surface area contributed by atoms with Gasteiger partial charge in [-0.05, 0) is 49.1 Å². The minimum absolute atomic E-state index is 0.0959. The lowest BCUT2D eigenvalue weighted by molar-refractivity contribution is -0.130. The van der Waals surface area contributed by atoms with Gasteiger partial charge in [-0.15, -0.1) is 0 Å². The highest BCUT2D eigenvalue weighted by molar-refractivity contribution is 5.94. The van der Waals surface area contributed by atoms with E-state index in [1.807, 2.05) is 30.3 Å². The lowest BCUT2D eigenvalue weighted by Gasteiger charge is -2.36. The molecule has 3 rings (SSSR count). The number of carbonyl (C=O) groups excluding carboxylic acids is 2. The Morgan fingerprint density at radius 3 is 2.50 bits per heavy atom. The number of hydrogen-bond donors (Lipinski definition) is 3. The van der Waals surface area contributed by atoms with Crippen LogP contribution in [0.2, 0.25) is 0 Å². The number of carbonyl (C=O) groups is 2. The normalized spacial score (nSPS) is 21.1. The number of halogens is 1. The number of benzene rings is 2. The minimum atomic E-state index is -0.592. The molecule has 0 saturated carbocycles. The molecule has 30 heavy (non-hydrogen) atoms. The van der Waals surface area contributed by atoms with Crippen molar-refractivity contribution in [2.45, 2.75) is 43.9 Å². The van der Waals surface area contributed by atoms with Crippen LogP contribution in [0.1, 0.15) is 35.2 Å². The molecule has 0 aromatic heterocycles. The van der Waals surface area contributed by atoms with Crippen LogP contribution in [0.5, 0.6) is 0 Å². The Morgan fingerprint density at radius 2 is 1.80 bits per heavy atom. The molecule has 3 atom stereocenters. The van der Waals surface area contributed by atoms with E-state index in [1.54, 1.807) is 0 Å². The SMILES string of the molecule is O=C(C[C@H]1CC[C@H](NC(=O)c2ccc(F)cc2)[C@@H](CO)O1)NCCc1ccccc1. The molecule has 2 amide bonds. The molecule has 160 valence electrons. The van der Waals surface area contributed by atoms with Crippen molar-refractivity contribution in [3.8, 4) is 0 Å². The maximum absolute atomic E-state index is 13.0. The summed E-state index contributed by atoms with van der Waals surface area (Å²) in [5.41, 5.74) is 1.50. The third-order valence-corrected chi connectivity index (χ3v) is 5.21. The lowest BCUT2D eigenvalue weighted by Crippen LogP contribution is -2.51. The first-order chi connectivity index (χ1) is 14.5. The monoisotopic (exact) mass is 414 g/mol. The zero-order valence-corrected chi connectivity index (χ0v) is 16.7. The molecule has 7 heteroatoms. The van der Waals surface area contributed by atoms with Gasteiger partial charge >= 0.3 is 0 Å². The molecule has 6 nitrogen and oxygen atoms in total. The molecular weight excluding hydrogens is 387 g/mol. The Hall–Kier alpha value is -2.77. The second kappa shape index (κ2) is 10.8. The zero-order valence-electron chi connectivity index (χ0n) is 16.7. The van der Waals surface area contributed by atoms with Gasteiger partial charge < -0.3 is 20.5 Å². The summed E-state index contributed by atoms with van der Waals surface area (Å²) < 4.78 is 18.9. The van der Waals surface area contributed by atoms with Crippen molar-refractivity contribution in [1.82, 2.24) is 10.6 Å². The molecule has 0 unspecified atom stereocenters. The van der Waals surface area contributed by atoms with Gasteiger partial charge in [-0.1, -0.05) is 30.3 Å². The van der Waals surface area contributed by atoms with Crippen LogP contribution in [-0.2, 0) is 16.0 Å². The van der Waals surface area contributed by atoms with E-state index in [4.69, 9.17) is 4.74 Å². The minimum Gasteiger partial charge on any atom is -0.394 e. The summed E-state index contributed by atoms with van der Waals surface area (Å²) >= 11 is 0. The predicted octanol–water partition coefficient (Wildman–Crippen LogP) is 2.21. The van der Waals surface area contributed by atoms with Crippen molar-refractivity contribution in [3.05, 3.63) is 71.5 Å². The summed E-state index contributed by atoms with van der Waals surface area (Å²) in [4.78, 5) is 24.6. The van der Waals surface area contributed by atoms with Gasteiger partial charge in [0.1, 0.15) is 11.9 Å². The highest BCUT2D eigenvalue weighted by atomic mass is 19.1. The summed E-state index contributed by atoms with van der Waals surface area (Å²) in [7, 11) is 0.